The molecule has 1 unspecified atom stereocenters. The number of ether oxygens (including phenoxy) is 1. The summed E-state index contributed by atoms with van der Waals surface area (Å²) in [6, 6.07) is 16.3. The number of benzene rings is 2. The highest BCUT2D eigenvalue weighted by Crippen LogP contribution is 2.12. The van der Waals surface area contributed by atoms with Gasteiger partial charge in [-0.3, -0.25) is 4.79 Å². The number of hydrogen-bond donors (Lipinski definition) is 2. The molecule has 2 aromatic carbocycles. The van der Waals surface area contributed by atoms with E-state index in [0.717, 1.165) is 11.1 Å². The maximum absolute atomic E-state index is 11.9. The summed E-state index contributed by atoms with van der Waals surface area (Å²) in [5, 5.41) is 12.5. The summed E-state index contributed by atoms with van der Waals surface area (Å²) in [7, 11) is 1.39. The second-order valence-corrected chi connectivity index (χ2v) is 4.81. The standard InChI is InChI=1S/C17H19NO3/c1-21-17(20)16(11-13-7-9-15(19)10-8-13)18-12-14-5-3-2-4-6-14/h2-10,16,18-19H,11-12H2,1H3. The van der Waals surface area contributed by atoms with Crippen LogP contribution in [0.15, 0.2) is 54.6 Å². The largest absolute Gasteiger partial charge is 0.508 e. The van der Waals surface area contributed by atoms with Gasteiger partial charge in [0, 0.05) is 6.54 Å². The molecule has 1 atom stereocenters. The molecular weight excluding hydrogens is 266 g/mol. The maximum Gasteiger partial charge on any atom is 0.323 e. The van der Waals surface area contributed by atoms with Gasteiger partial charge in [-0.05, 0) is 29.7 Å². The number of carbonyl (C=O) groups is 1. The maximum atomic E-state index is 11.9. The number of phenols is 1. The van der Waals surface area contributed by atoms with Gasteiger partial charge in [-0.15, -0.1) is 0 Å². The number of esters is 1. The van der Waals surface area contributed by atoms with Crippen LogP contribution in [0.5, 0.6) is 5.75 Å². The number of hydrogen-bond acceptors (Lipinski definition) is 4. The van der Waals surface area contributed by atoms with Crippen LogP contribution in [-0.2, 0) is 22.5 Å². The van der Waals surface area contributed by atoms with Crippen molar-refractivity contribution >= 4 is 5.97 Å². The lowest BCUT2D eigenvalue weighted by Crippen LogP contribution is -2.39. The van der Waals surface area contributed by atoms with Crippen molar-refractivity contribution in [2.45, 2.75) is 19.0 Å². The van der Waals surface area contributed by atoms with Gasteiger partial charge in [-0.25, -0.2) is 0 Å². The Morgan fingerprint density at radius 1 is 1.10 bits per heavy atom. The van der Waals surface area contributed by atoms with Crippen LogP contribution in [0.3, 0.4) is 0 Å². The minimum absolute atomic E-state index is 0.214. The number of carbonyl (C=O) groups excluding carboxylic acids is 1. The minimum Gasteiger partial charge on any atom is -0.508 e. The Morgan fingerprint density at radius 3 is 2.38 bits per heavy atom. The highest BCUT2D eigenvalue weighted by molar-refractivity contribution is 5.76. The number of aromatic hydroxyl groups is 1. The lowest BCUT2D eigenvalue weighted by Gasteiger charge is -2.16. The minimum atomic E-state index is -0.417. The van der Waals surface area contributed by atoms with Crippen molar-refractivity contribution in [3.8, 4) is 5.75 Å². The molecule has 2 N–H and O–H groups in total. The average Bonchev–Trinajstić information content (AvgIpc) is 2.53. The van der Waals surface area contributed by atoms with Crippen LogP contribution in [-0.4, -0.2) is 24.2 Å². The second kappa shape index (κ2) is 7.45. The van der Waals surface area contributed by atoms with Gasteiger partial charge < -0.3 is 15.2 Å². The van der Waals surface area contributed by atoms with E-state index < -0.39 is 6.04 Å². The molecule has 4 nitrogen and oxygen atoms in total. The van der Waals surface area contributed by atoms with E-state index in [0.29, 0.717) is 13.0 Å². The van der Waals surface area contributed by atoms with E-state index >= 15 is 0 Å². The Labute approximate surface area is 124 Å². The van der Waals surface area contributed by atoms with E-state index in [1.165, 1.54) is 7.11 Å². The third-order valence-electron chi connectivity index (χ3n) is 3.26. The molecule has 4 heteroatoms. The molecule has 0 aliphatic carbocycles. The predicted molar refractivity (Wildman–Crippen MR) is 80.9 cm³/mol. The first-order chi connectivity index (χ1) is 10.2. The van der Waals surface area contributed by atoms with E-state index in [1.54, 1.807) is 24.3 Å². The number of phenolic OH excluding ortho intramolecular Hbond substituents is 1. The van der Waals surface area contributed by atoms with E-state index in [-0.39, 0.29) is 11.7 Å². The van der Waals surface area contributed by atoms with Crippen molar-refractivity contribution in [2.75, 3.05) is 7.11 Å². The smallest absolute Gasteiger partial charge is 0.323 e. The van der Waals surface area contributed by atoms with Gasteiger partial charge in [0.1, 0.15) is 11.8 Å². The molecule has 0 fully saturated rings. The Morgan fingerprint density at radius 2 is 1.76 bits per heavy atom. The van der Waals surface area contributed by atoms with Crippen molar-refractivity contribution in [2.24, 2.45) is 0 Å². The number of rotatable bonds is 6. The van der Waals surface area contributed by atoms with Gasteiger partial charge >= 0.3 is 5.97 Å². The highest BCUT2D eigenvalue weighted by Gasteiger charge is 2.19. The molecule has 0 amide bonds. The average molecular weight is 285 g/mol. The first-order valence-corrected chi connectivity index (χ1v) is 6.82. The van der Waals surface area contributed by atoms with Gasteiger partial charge in [0.2, 0.25) is 0 Å². The van der Waals surface area contributed by atoms with Crippen LogP contribution in [0.2, 0.25) is 0 Å². The predicted octanol–water partition coefficient (Wildman–Crippen LogP) is 2.27. The van der Waals surface area contributed by atoms with Gasteiger partial charge in [-0.2, -0.15) is 0 Å². The fourth-order valence-electron chi connectivity index (χ4n) is 2.09. The fraction of sp³-hybridized carbons (Fsp3) is 0.235. The molecule has 0 aliphatic rings. The topological polar surface area (TPSA) is 58.6 Å². The molecule has 0 spiro atoms. The van der Waals surface area contributed by atoms with Crippen LogP contribution in [0, 0.1) is 0 Å². The SMILES string of the molecule is COC(=O)C(Cc1ccc(O)cc1)NCc1ccccc1. The summed E-state index contributed by atoms with van der Waals surface area (Å²) in [6.45, 7) is 0.596. The van der Waals surface area contributed by atoms with E-state index in [4.69, 9.17) is 4.74 Å². The van der Waals surface area contributed by atoms with Gasteiger partial charge in [0.05, 0.1) is 7.11 Å². The van der Waals surface area contributed by atoms with Gasteiger partial charge in [0.15, 0.2) is 0 Å². The van der Waals surface area contributed by atoms with Crippen LogP contribution in [0.25, 0.3) is 0 Å². The number of nitrogens with one attached hydrogen (secondary N) is 1. The van der Waals surface area contributed by atoms with Crippen molar-refractivity contribution in [3.63, 3.8) is 0 Å². The summed E-state index contributed by atoms with van der Waals surface area (Å²) in [5.41, 5.74) is 2.07. The lowest BCUT2D eigenvalue weighted by atomic mass is 10.1. The third kappa shape index (κ3) is 4.61. The zero-order valence-electron chi connectivity index (χ0n) is 12.0. The monoisotopic (exact) mass is 285 g/mol. The molecule has 110 valence electrons. The Hall–Kier alpha value is -2.33. The summed E-state index contributed by atoms with van der Waals surface area (Å²) in [4.78, 5) is 11.9. The molecule has 0 heterocycles. The Kier molecular flexibility index (Phi) is 5.35. The van der Waals surface area contributed by atoms with E-state index in [1.807, 2.05) is 30.3 Å². The summed E-state index contributed by atoms with van der Waals surface area (Å²) in [6.07, 6.45) is 0.514. The molecule has 21 heavy (non-hydrogen) atoms. The van der Waals surface area contributed by atoms with E-state index in [9.17, 15) is 9.90 Å². The normalized spacial score (nSPS) is 11.9. The number of methoxy groups -OCH3 is 1. The molecule has 0 bridgehead atoms. The van der Waals surface area contributed by atoms with Gasteiger partial charge in [-0.1, -0.05) is 42.5 Å². The van der Waals surface area contributed by atoms with Gasteiger partial charge in [0.25, 0.3) is 0 Å². The molecule has 0 radical (unpaired) electrons. The molecule has 0 saturated heterocycles. The molecule has 2 aromatic rings. The highest BCUT2D eigenvalue weighted by atomic mass is 16.5. The Balaban J connectivity index is 2.01. The van der Waals surface area contributed by atoms with E-state index in [2.05, 4.69) is 5.32 Å². The fourth-order valence-corrected chi connectivity index (χ4v) is 2.09. The molecular formula is C17H19NO3. The van der Waals surface area contributed by atoms with Crippen LogP contribution in [0.1, 0.15) is 11.1 Å². The van der Waals surface area contributed by atoms with Crippen LogP contribution in [0.4, 0.5) is 0 Å². The Bertz CT molecular complexity index is 566. The van der Waals surface area contributed by atoms with Crippen LogP contribution >= 0.6 is 0 Å². The zero-order chi connectivity index (χ0) is 15.1. The quantitative estimate of drug-likeness (QED) is 0.799. The summed E-state index contributed by atoms with van der Waals surface area (Å²) >= 11 is 0. The first-order valence-electron chi connectivity index (χ1n) is 6.82. The summed E-state index contributed by atoms with van der Waals surface area (Å²) < 4.78 is 4.85. The second-order valence-electron chi connectivity index (χ2n) is 4.81. The lowest BCUT2D eigenvalue weighted by molar-refractivity contribution is -0.143. The molecule has 0 saturated carbocycles. The first kappa shape index (κ1) is 15.1. The van der Waals surface area contributed by atoms with Crippen molar-refractivity contribution in [1.82, 2.24) is 5.32 Å². The molecule has 0 aliphatic heterocycles. The molecule has 2 rings (SSSR count). The van der Waals surface area contributed by atoms with Crippen LogP contribution < -0.4 is 5.32 Å². The third-order valence-corrected chi connectivity index (χ3v) is 3.26. The van der Waals surface area contributed by atoms with Crippen molar-refractivity contribution < 1.29 is 14.6 Å². The zero-order valence-corrected chi connectivity index (χ0v) is 12.0. The van der Waals surface area contributed by atoms with Crippen molar-refractivity contribution in [3.05, 3.63) is 65.7 Å². The summed E-state index contributed by atoms with van der Waals surface area (Å²) in [5.74, 6) is -0.0791. The molecule has 0 aromatic heterocycles. The van der Waals surface area contributed by atoms with Crippen molar-refractivity contribution in [1.29, 1.82) is 0 Å².